The van der Waals surface area contributed by atoms with E-state index in [9.17, 15) is 0 Å². The van der Waals surface area contributed by atoms with Crippen LogP contribution in [0.3, 0.4) is 0 Å². The summed E-state index contributed by atoms with van der Waals surface area (Å²) < 4.78 is 5.12. The Morgan fingerprint density at radius 2 is 2.42 bits per heavy atom. The fourth-order valence-corrected chi connectivity index (χ4v) is 1.03. The van der Waals surface area contributed by atoms with Crippen molar-refractivity contribution in [3.63, 3.8) is 0 Å². The first kappa shape index (κ1) is 9.29. The van der Waals surface area contributed by atoms with Crippen molar-refractivity contribution >= 4 is 11.6 Å². The van der Waals surface area contributed by atoms with Gasteiger partial charge >= 0.3 is 0 Å². The number of hydrogen-bond donors (Lipinski definition) is 1. The molecule has 0 unspecified atom stereocenters. The zero-order valence-electron chi connectivity index (χ0n) is 6.75. The molecule has 0 aliphatic heterocycles. The number of aromatic nitrogens is 1. The van der Waals surface area contributed by atoms with Crippen LogP contribution in [0, 0.1) is 6.92 Å². The minimum Gasteiger partial charge on any atom is -0.475 e. The van der Waals surface area contributed by atoms with E-state index in [-0.39, 0.29) is 13.2 Å². The first-order chi connectivity index (χ1) is 5.74. The average molecular weight is 188 g/mol. The summed E-state index contributed by atoms with van der Waals surface area (Å²) in [5.41, 5.74) is 0.871. The van der Waals surface area contributed by atoms with Gasteiger partial charge in [-0.05, 0) is 13.0 Å². The first-order valence-corrected chi connectivity index (χ1v) is 3.97. The average Bonchev–Trinajstić information content (AvgIpc) is 2.03. The van der Waals surface area contributed by atoms with Crippen LogP contribution >= 0.6 is 11.6 Å². The molecule has 0 radical (unpaired) electrons. The molecule has 3 nitrogen and oxygen atoms in total. The van der Waals surface area contributed by atoms with Crippen LogP contribution in [0.15, 0.2) is 12.3 Å². The highest BCUT2D eigenvalue weighted by Crippen LogP contribution is 2.17. The first-order valence-electron chi connectivity index (χ1n) is 3.60. The number of ether oxygens (including phenoxy) is 1. The van der Waals surface area contributed by atoms with Crippen LogP contribution in [-0.4, -0.2) is 23.3 Å². The molecule has 0 aliphatic rings. The smallest absolute Gasteiger partial charge is 0.216 e. The van der Waals surface area contributed by atoms with Gasteiger partial charge in [-0.3, -0.25) is 0 Å². The Hall–Kier alpha value is -0.800. The predicted molar refractivity (Wildman–Crippen MR) is 46.6 cm³/mol. The molecule has 1 rings (SSSR count). The normalized spacial score (nSPS) is 9.92. The molecule has 0 aromatic carbocycles. The van der Waals surface area contributed by atoms with Gasteiger partial charge in [0.1, 0.15) is 6.61 Å². The molecule has 0 saturated carbocycles. The van der Waals surface area contributed by atoms with Gasteiger partial charge in [-0.15, -0.1) is 0 Å². The molecule has 0 aliphatic carbocycles. The summed E-state index contributed by atoms with van der Waals surface area (Å²) in [5.74, 6) is 0.522. The lowest BCUT2D eigenvalue weighted by Gasteiger charge is -2.05. The summed E-state index contributed by atoms with van der Waals surface area (Å²) >= 11 is 5.68. The molecule has 0 saturated heterocycles. The van der Waals surface area contributed by atoms with Crippen molar-refractivity contribution in [2.75, 3.05) is 13.2 Å². The number of hydrogen-bond acceptors (Lipinski definition) is 3. The molecule has 12 heavy (non-hydrogen) atoms. The summed E-state index contributed by atoms with van der Waals surface area (Å²) in [7, 11) is 0. The molecule has 66 valence electrons. The molecule has 1 aromatic heterocycles. The van der Waals surface area contributed by atoms with Gasteiger partial charge < -0.3 is 9.84 Å². The van der Waals surface area contributed by atoms with Gasteiger partial charge in [0, 0.05) is 11.8 Å². The van der Waals surface area contributed by atoms with E-state index in [0.717, 1.165) is 5.56 Å². The minimum atomic E-state index is -0.0102. The van der Waals surface area contributed by atoms with E-state index in [1.807, 2.05) is 6.92 Å². The second-order valence-electron chi connectivity index (χ2n) is 2.35. The topological polar surface area (TPSA) is 42.4 Å². The van der Waals surface area contributed by atoms with E-state index >= 15 is 0 Å². The number of aliphatic hydroxyl groups excluding tert-OH is 1. The van der Waals surface area contributed by atoms with Gasteiger partial charge in [0.05, 0.1) is 11.6 Å². The number of rotatable bonds is 3. The van der Waals surface area contributed by atoms with Crippen molar-refractivity contribution < 1.29 is 9.84 Å². The van der Waals surface area contributed by atoms with Crippen molar-refractivity contribution in [3.05, 3.63) is 22.8 Å². The Balaban J connectivity index is 2.72. The SMILES string of the molecule is Cc1cc(Cl)cnc1OCCO. The maximum Gasteiger partial charge on any atom is 0.216 e. The van der Waals surface area contributed by atoms with E-state index in [4.69, 9.17) is 21.4 Å². The maximum atomic E-state index is 8.49. The molecule has 0 spiro atoms. The lowest BCUT2D eigenvalue weighted by Crippen LogP contribution is -2.04. The Morgan fingerprint density at radius 1 is 1.67 bits per heavy atom. The van der Waals surface area contributed by atoms with Gasteiger partial charge in [0.2, 0.25) is 5.88 Å². The van der Waals surface area contributed by atoms with Crippen molar-refractivity contribution in [2.24, 2.45) is 0 Å². The Labute approximate surface area is 76.0 Å². The summed E-state index contributed by atoms with van der Waals surface area (Å²) in [6, 6.07) is 1.77. The van der Waals surface area contributed by atoms with Crippen LogP contribution < -0.4 is 4.74 Å². The molecule has 1 N–H and O–H groups in total. The van der Waals surface area contributed by atoms with Crippen LogP contribution in [0.5, 0.6) is 5.88 Å². The summed E-state index contributed by atoms with van der Waals surface area (Å²) in [6.45, 7) is 2.10. The van der Waals surface area contributed by atoms with Crippen molar-refractivity contribution in [3.8, 4) is 5.88 Å². The summed E-state index contributed by atoms with van der Waals surface area (Å²) in [4.78, 5) is 3.95. The number of halogens is 1. The van der Waals surface area contributed by atoms with Crippen LogP contribution in [0.4, 0.5) is 0 Å². The number of nitrogens with zero attached hydrogens (tertiary/aromatic N) is 1. The largest absolute Gasteiger partial charge is 0.475 e. The standard InChI is InChI=1S/C8H10ClNO2/c1-6-4-7(9)5-10-8(6)12-3-2-11/h4-5,11H,2-3H2,1H3. The van der Waals surface area contributed by atoms with E-state index < -0.39 is 0 Å². The number of pyridine rings is 1. The number of aliphatic hydroxyl groups is 1. The molecule has 0 fully saturated rings. The fourth-order valence-electron chi connectivity index (χ4n) is 0.821. The maximum absolute atomic E-state index is 8.49. The van der Waals surface area contributed by atoms with E-state index in [2.05, 4.69) is 4.98 Å². The van der Waals surface area contributed by atoms with Crippen molar-refractivity contribution in [1.29, 1.82) is 0 Å². The second-order valence-corrected chi connectivity index (χ2v) is 2.78. The van der Waals surface area contributed by atoms with Crippen LogP contribution in [-0.2, 0) is 0 Å². The summed E-state index contributed by atoms with van der Waals surface area (Å²) in [6.07, 6.45) is 1.52. The van der Waals surface area contributed by atoms with E-state index in [1.165, 1.54) is 6.20 Å². The van der Waals surface area contributed by atoms with Gasteiger partial charge in [-0.1, -0.05) is 11.6 Å². The van der Waals surface area contributed by atoms with Gasteiger partial charge in [-0.2, -0.15) is 0 Å². The van der Waals surface area contributed by atoms with E-state index in [0.29, 0.717) is 10.9 Å². The molecule has 0 bridgehead atoms. The lowest BCUT2D eigenvalue weighted by atomic mass is 10.3. The van der Waals surface area contributed by atoms with Crippen molar-refractivity contribution in [2.45, 2.75) is 6.92 Å². The van der Waals surface area contributed by atoms with Crippen LogP contribution in [0.2, 0.25) is 5.02 Å². The van der Waals surface area contributed by atoms with Gasteiger partial charge in [0.25, 0.3) is 0 Å². The van der Waals surface area contributed by atoms with Crippen molar-refractivity contribution in [1.82, 2.24) is 4.98 Å². The molecular formula is C8H10ClNO2. The lowest BCUT2D eigenvalue weighted by molar-refractivity contribution is 0.196. The molecule has 1 heterocycles. The highest BCUT2D eigenvalue weighted by molar-refractivity contribution is 6.30. The zero-order valence-corrected chi connectivity index (χ0v) is 7.51. The Kier molecular flexibility index (Phi) is 3.31. The number of aryl methyl sites for hydroxylation is 1. The molecule has 0 amide bonds. The predicted octanol–water partition coefficient (Wildman–Crippen LogP) is 1.41. The zero-order chi connectivity index (χ0) is 8.97. The quantitative estimate of drug-likeness (QED) is 0.778. The summed E-state index contributed by atoms with van der Waals surface area (Å²) in [5, 5.41) is 9.08. The highest BCUT2D eigenvalue weighted by atomic mass is 35.5. The van der Waals surface area contributed by atoms with Gasteiger partial charge in [-0.25, -0.2) is 4.98 Å². The molecule has 1 aromatic rings. The molecule has 4 heteroatoms. The van der Waals surface area contributed by atoms with Gasteiger partial charge in [0.15, 0.2) is 0 Å². The fraction of sp³-hybridized carbons (Fsp3) is 0.375. The second kappa shape index (κ2) is 4.28. The third-order valence-corrected chi connectivity index (χ3v) is 1.53. The third-order valence-electron chi connectivity index (χ3n) is 1.33. The molecular weight excluding hydrogens is 178 g/mol. The molecule has 0 atom stereocenters. The minimum absolute atomic E-state index is 0.0102. The monoisotopic (exact) mass is 187 g/mol. The highest BCUT2D eigenvalue weighted by Gasteiger charge is 2.00. The van der Waals surface area contributed by atoms with Crippen LogP contribution in [0.25, 0.3) is 0 Å². The van der Waals surface area contributed by atoms with E-state index in [1.54, 1.807) is 6.07 Å². The Morgan fingerprint density at radius 3 is 3.00 bits per heavy atom. The van der Waals surface area contributed by atoms with Crippen LogP contribution in [0.1, 0.15) is 5.56 Å². The Bertz CT molecular complexity index is 265. The third kappa shape index (κ3) is 2.36.